The quantitative estimate of drug-likeness (QED) is 0.337. The van der Waals surface area contributed by atoms with Gasteiger partial charge in [-0.25, -0.2) is 9.78 Å². The lowest BCUT2D eigenvalue weighted by atomic mass is 10.1. The van der Waals surface area contributed by atoms with Crippen molar-refractivity contribution in [1.29, 1.82) is 0 Å². The van der Waals surface area contributed by atoms with E-state index in [1.54, 1.807) is 67.4 Å². The molecule has 2 aromatic heterocycles. The molecular formula is C25H22ClN3O4S. The third-order valence-electron chi connectivity index (χ3n) is 5.19. The van der Waals surface area contributed by atoms with E-state index in [1.807, 2.05) is 5.38 Å². The van der Waals surface area contributed by atoms with Crippen LogP contribution in [-0.4, -0.2) is 30.5 Å². The number of anilines is 2. The van der Waals surface area contributed by atoms with E-state index in [2.05, 4.69) is 4.98 Å². The van der Waals surface area contributed by atoms with E-state index < -0.39 is 5.97 Å². The number of aromatic nitrogens is 1. The average molecular weight is 496 g/mol. The van der Waals surface area contributed by atoms with Crippen LogP contribution in [0.4, 0.5) is 11.5 Å². The lowest BCUT2D eigenvalue weighted by Crippen LogP contribution is -2.26. The number of esters is 1. The number of carbonyl (C=O) groups excluding carboxylic acids is 2. The van der Waals surface area contributed by atoms with Gasteiger partial charge in [0, 0.05) is 40.5 Å². The van der Waals surface area contributed by atoms with E-state index in [-0.39, 0.29) is 19.1 Å². The molecule has 2 heterocycles. The molecule has 34 heavy (non-hydrogen) atoms. The van der Waals surface area contributed by atoms with E-state index in [0.717, 1.165) is 11.3 Å². The minimum absolute atomic E-state index is 0.179. The topological polar surface area (TPSA) is 94.7 Å². The minimum atomic E-state index is -0.440. The molecular weight excluding hydrogens is 474 g/mol. The Hall–Kier alpha value is -3.62. The van der Waals surface area contributed by atoms with Gasteiger partial charge in [-0.3, -0.25) is 4.79 Å². The van der Waals surface area contributed by atoms with Gasteiger partial charge in [0.05, 0.1) is 16.9 Å². The number of pyridine rings is 1. The summed E-state index contributed by atoms with van der Waals surface area (Å²) in [7, 11) is 1.70. The molecule has 9 heteroatoms. The van der Waals surface area contributed by atoms with E-state index in [9.17, 15) is 9.59 Å². The van der Waals surface area contributed by atoms with Crippen molar-refractivity contribution in [2.45, 2.75) is 13.5 Å². The minimum Gasteiger partial charge on any atom is -0.489 e. The maximum Gasteiger partial charge on any atom is 0.341 e. The summed E-state index contributed by atoms with van der Waals surface area (Å²) in [6.07, 6.45) is 1.43. The molecule has 174 valence electrons. The summed E-state index contributed by atoms with van der Waals surface area (Å²) in [6, 6.07) is 14.0. The predicted octanol–water partition coefficient (Wildman–Crippen LogP) is 5.56. The molecule has 0 radical (unpaired) electrons. The molecule has 7 nitrogen and oxygen atoms in total. The summed E-state index contributed by atoms with van der Waals surface area (Å²) in [5.74, 6) is 0.228. The fraction of sp³-hybridized carbons (Fsp3) is 0.160. The third-order valence-corrected chi connectivity index (χ3v) is 6.50. The highest BCUT2D eigenvalue weighted by Crippen LogP contribution is 2.33. The molecule has 4 aromatic rings. The van der Waals surface area contributed by atoms with Crippen molar-refractivity contribution < 1.29 is 19.1 Å². The van der Waals surface area contributed by atoms with Gasteiger partial charge in [0.1, 0.15) is 18.2 Å². The normalized spacial score (nSPS) is 10.8. The largest absolute Gasteiger partial charge is 0.489 e. The molecule has 2 N–H and O–H groups in total. The second-order valence-corrected chi connectivity index (χ2v) is 8.72. The predicted molar refractivity (Wildman–Crippen MR) is 135 cm³/mol. The Balaban J connectivity index is 1.53. The first-order valence-corrected chi connectivity index (χ1v) is 11.7. The number of amides is 1. The van der Waals surface area contributed by atoms with Crippen LogP contribution in [0.3, 0.4) is 0 Å². The molecule has 2 aromatic carbocycles. The fourth-order valence-electron chi connectivity index (χ4n) is 3.45. The Morgan fingerprint density at radius 1 is 1.18 bits per heavy atom. The number of benzene rings is 2. The van der Waals surface area contributed by atoms with Crippen LogP contribution in [0.5, 0.6) is 5.75 Å². The summed E-state index contributed by atoms with van der Waals surface area (Å²) in [5, 5.41) is 3.16. The van der Waals surface area contributed by atoms with Gasteiger partial charge in [-0.2, -0.15) is 0 Å². The van der Waals surface area contributed by atoms with Crippen molar-refractivity contribution >= 4 is 56.4 Å². The molecule has 0 aliphatic heterocycles. The molecule has 0 spiro atoms. The molecule has 0 aliphatic rings. The van der Waals surface area contributed by atoms with Crippen molar-refractivity contribution in [1.82, 2.24) is 4.98 Å². The molecule has 0 fully saturated rings. The van der Waals surface area contributed by atoms with Crippen LogP contribution >= 0.6 is 22.9 Å². The van der Waals surface area contributed by atoms with Gasteiger partial charge in [0.15, 0.2) is 0 Å². The zero-order chi connectivity index (χ0) is 24.2. The number of hydrogen-bond donors (Lipinski definition) is 1. The lowest BCUT2D eigenvalue weighted by Gasteiger charge is -2.18. The van der Waals surface area contributed by atoms with Crippen LogP contribution in [0.1, 0.15) is 33.2 Å². The summed E-state index contributed by atoms with van der Waals surface area (Å²) in [5.41, 5.74) is 8.49. The maximum absolute atomic E-state index is 13.0. The number of halogens is 1. The molecule has 0 unspecified atom stereocenters. The first-order valence-electron chi connectivity index (χ1n) is 10.5. The highest BCUT2D eigenvalue weighted by atomic mass is 35.5. The SMILES string of the molecule is CCOC(=O)c1cnc(N)c2c(COc3cccc(C(=O)N(C)c4ccc(Cl)cc4)c3)csc12. The van der Waals surface area contributed by atoms with Crippen LogP contribution in [0.15, 0.2) is 60.1 Å². The average Bonchev–Trinajstić information content (AvgIpc) is 3.28. The molecule has 0 saturated carbocycles. The summed E-state index contributed by atoms with van der Waals surface area (Å²) < 4.78 is 11.8. The Labute approximate surface area is 205 Å². The smallest absolute Gasteiger partial charge is 0.341 e. The molecule has 0 saturated heterocycles. The summed E-state index contributed by atoms with van der Waals surface area (Å²) in [4.78, 5) is 30.9. The third kappa shape index (κ3) is 4.83. The molecule has 0 aliphatic carbocycles. The first-order chi connectivity index (χ1) is 16.4. The molecule has 0 atom stereocenters. The zero-order valence-electron chi connectivity index (χ0n) is 18.6. The van der Waals surface area contributed by atoms with Crippen LogP contribution in [0.25, 0.3) is 10.1 Å². The van der Waals surface area contributed by atoms with Gasteiger partial charge in [-0.1, -0.05) is 17.7 Å². The standard InChI is InChI=1S/C25H22ClN3O4S/c1-3-32-25(31)20-12-28-23(27)21-16(14-34-22(20)21)13-33-19-6-4-5-15(11-19)24(30)29(2)18-9-7-17(26)8-10-18/h4-12,14H,3,13H2,1-2H3,(H2,27,28). The van der Waals surface area contributed by atoms with Crippen LogP contribution in [0, 0.1) is 0 Å². The molecule has 4 rings (SSSR count). The van der Waals surface area contributed by atoms with Gasteiger partial charge in [-0.05, 0) is 54.8 Å². The molecule has 1 amide bonds. The summed E-state index contributed by atoms with van der Waals surface area (Å²) >= 11 is 7.32. The second kappa shape index (κ2) is 10.1. The van der Waals surface area contributed by atoms with Crippen molar-refractivity contribution in [2.24, 2.45) is 0 Å². The van der Waals surface area contributed by atoms with Crippen molar-refractivity contribution in [3.05, 3.63) is 81.8 Å². The zero-order valence-corrected chi connectivity index (χ0v) is 20.2. The van der Waals surface area contributed by atoms with Gasteiger partial charge < -0.3 is 20.1 Å². The number of ether oxygens (including phenoxy) is 2. The number of nitrogens with two attached hydrogens (primary N) is 1. The Kier molecular flexibility index (Phi) is 7.00. The van der Waals surface area contributed by atoms with Gasteiger partial charge in [0.25, 0.3) is 5.91 Å². The Bertz CT molecular complexity index is 1350. The number of thiophene rings is 1. The van der Waals surface area contributed by atoms with Crippen LogP contribution in [0.2, 0.25) is 5.02 Å². The fourth-order valence-corrected chi connectivity index (χ4v) is 4.63. The van der Waals surface area contributed by atoms with Crippen molar-refractivity contribution in [2.75, 3.05) is 24.3 Å². The number of fused-ring (bicyclic) bond motifs is 1. The van der Waals surface area contributed by atoms with Gasteiger partial charge in [-0.15, -0.1) is 11.3 Å². The highest BCUT2D eigenvalue weighted by Gasteiger charge is 2.19. The second-order valence-electron chi connectivity index (χ2n) is 7.40. The van der Waals surface area contributed by atoms with E-state index in [4.69, 9.17) is 26.8 Å². The van der Waals surface area contributed by atoms with E-state index >= 15 is 0 Å². The van der Waals surface area contributed by atoms with Crippen molar-refractivity contribution in [3.63, 3.8) is 0 Å². The number of nitrogens with zero attached hydrogens (tertiary/aromatic N) is 2. The summed E-state index contributed by atoms with van der Waals surface area (Å²) in [6.45, 7) is 2.22. The lowest BCUT2D eigenvalue weighted by molar-refractivity contribution is 0.0528. The Morgan fingerprint density at radius 3 is 2.68 bits per heavy atom. The van der Waals surface area contributed by atoms with Crippen LogP contribution < -0.4 is 15.4 Å². The van der Waals surface area contributed by atoms with Gasteiger partial charge in [0.2, 0.25) is 0 Å². The van der Waals surface area contributed by atoms with E-state index in [1.165, 1.54) is 17.5 Å². The van der Waals surface area contributed by atoms with E-state index in [0.29, 0.717) is 37.8 Å². The number of hydrogen-bond acceptors (Lipinski definition) is 7. The number of carbonyl (C=O) groups is 2. The first kappa shape index (κ1) is 23.5. The van der Waals surface area contributed by atoms with Crippen LogP contribution in [-0.2, 0) is 11.3 Å². The monoisotopic (exact) mass is 495 g/mol. The Morgan fingerprint density at radius 2 is 1.94 bits per heavy atom. The number of rotatable bonds is 7. The molecule has 0 bridgehead atoms. The highest BCUT2D eigenvalue weighted by molar-refractivity contribution is 7.17. The number of nitrogen functional groups attached to an aromatic ring is 1. The van der Waals surface area contributed by atoms with Crippen molar-refractivity contribution in [3.8, 4) is 5.75 Å². The maximum atomic E-state index is 13.0. The van der Waals surface area contributed by atoms with Gasteiger partial charge >= 0.3 is 5.97 Å².